The highest BCUT2D eigenvalue weighted by molar-refractivity contribution is 6.02. The molecule has 1 aliphatic heterocycles. The SMILES string of the molecule is C=CCO[C@@]12Oc3ccc(OCc4cccc(C)n4)cc3[C@H]3[C@H](CCCCO)[C@@H](CCCCO)C=C(C(=NOCc4ccc([N+](=O)[O-])cc4)C[C@@H]1N(C)C(=O)OCC(C)(C)C)[C@H]32. The second kappa shape index (κ2) is 20.7. The zero-order valence-corrected chi connectivity index (χ0v) is 36.7. The van der Waals surface area contributed by atoms with Gasteiger partial charge in [-0.05, 0) is 103 Å². The van der Waals surface area contributed by atoms with Crippen LogP contribution in [-0.2, 0) is 27.5 Å². The number of aliphatic hydroxyl groups is 2. The number of hydrogen-bond donors (Lipinski definition) is 2. The van der Waals surface area contributed by atoms with Crippen LogP contribution in [-0.4, -0.2) is 82.1 Å². The number of likely N-dealkylation sites (N-methyl/N-ethyl adjacent to an activating group) is 1. The molecule has 14 heteroatoms. The molecule has 6 atom stereocenters. The van der Waals surface area contributed by atoms with Gasteiger partial charge >= 0.3 is 6.09 Å². The molecule has 0 saturated heterocycles. The van der Waals surface area contributed by atoms with Crippen LogP contribution in [0.15, 0.2) is 90.1 Å². The number of hydrogen-bond acceptors (Lipinski definition) is 12. The van der Waals surface area contributed by atoms with Crippen molar-refractivity contribution in [2.24, 2.45) is 28.3 Å². The molecular formula is C48H62N4O10. The van der Waals surface area contributed by atoms with Crippen LogP contribution in [0, 0.1) is 40.2 Å². The molecule has 0 spiro atoms. The standard InChI is InChI=1S/C48H62N4O10/c1-7-25-60-48-43(51(6)46(55)59-31-47(3,4)5)28-41(50-61-29-33-17-19-36(20-18-33)52(56)57)39-26-34(14-8-10-23-53)38(16-9-11-24-54)44(45(39)48)40-27-37(21-22-42(40)62-48)58-30-35-15-12-13-32(2)49-35/h7,12-13,15,17-22,26-27,34,38,43-45,53-54H,1,8-11,14,16,23-25,28-31H2,2-6H3/t34-,38+,43-,44+,45+,48+/m0/s1. The summed E-state index contributed by atoms with van der Waals surface area (Å²) in [6, 6.07) is 17.1. The molecule has 2 heterocycles. The fourth-order valence-electron chi connectivity index (χ4n) is 9.06. The van der Waals surface area contributed by atoms with Gasteiger partial charge in [-0.25, -0.2) is 4.79 Å². The summed E-state index contributed by atoms with van der Waals surface area (Å²) in [6.45, 7) is 12.7. The Morgan fingerprint density at radius 3 is 2.48 bits per heavy atom. The number of rotatable bonds is 20. The molecular weight excluding hydrogens is 793 g/mol. The summed E-state index contributed by atoms with van der Waals surface area (Å²) in [5, 5.41) is 36.0. The molecule has 0 bridgehead atoms. The number of aromatic nitrogens is 1. The van der Waals surface area contributed by atoms with Gasteiger partial charge < -0.3 is 38.9 Å². The first-order valence-electron chi connectivity index (χ1n) is 21.7. The van der Waals surface area contributed by atoms with Crippen molar-refractivity contribution in [1.29, 1.82) is 0 Å². The van der Waals surface area contributed by atoms with E-state index in [0.717, 1.165) is 48.2 Å². The summed E-state index contributed by atoms with van der Waals surface area (Å²) < 4.78 is 26.5. The van der Waals surface area contributed by atoms with Crippen molar-refractivity contribution >= 4 is 17.5 Å². The molecule has 2 N–H and O–H groups in total. The highest BCUT2D eigenvalue weighted by Crippen LogP contribution is 2.62. The average molecular weight is 855 g/mol. The number of amides is 1. The summed E-state index contributed by atoms with van der Waals surface area (Å²) in [5.74, 6) is -0.895. The number of allylic oxidation sites excluding steroid dienone is 1. The Morgan fingerprint density at radius 2 is 1.81 bits per heavy atom. The van der Waals surface area contributed by atoms with Gasteiger partial charge in [0.25, 0.3) is 5.69 Å². The second-order valence-corrected chi connectivity index (χ2v) is 17.8. The zero-order chi connectivity index (χ0) is 44.4. The van der Waals surface area contributed by atoms with Crippen LogP contribution in [0.5, 0.6) is 11.5 Å². The molecule has 1 fully saturated rings. The first-order chi connectivity index (χ1) is 29.8. The molecule has 62 heavy (non-hydrogen) atoms. The third-order valence-corrected chi connectivity index (χ3v) is 11.9. The van der Waals surface area contributed by atoms with Gasteiger partial charge in [0.05, 0.1) is 35.5 Å². The fraction of sp³-hybridized carbons (Fsp3) is 0.521. The molecule has 3 aromatic rings. The van der Waals surface area contributed by atoms with Crippen molar-refractivity contribution in [3.05, 3.63) is 118 Å². The fourth-order valence-corrected chi connectivity index (χ4v) is 9.06. The van der Waals surface area contributed by atoms with Crippen LogP contribution in [0.25, 0.3) is 0 Å². The smallest absolute Gasteiger partial charge is 0.410 e. The number of benzene rings is 2. The van der Waals surface area contributed by atoms with Gasteiger partial charge in [0.2, 0.25) is 5.79 Å². The van der Waals surface area contributed by atoms with E-state index in [2.05, 4.69) is 17.6 Å². The number of unbranched alkanes of at least 4 members (excludes halogenated alkanes) is 2. The van der Waals surface area contributed by atoms with Gasteiger partial charge in [-0.3, -0.25) is 15.1 Å². The number of oxime groups is 1. The van der Waals surface area contributed by atoms with E-state index >= 15 is 0 Å². The van der Waals surface area contributed by atoms with E-state index in [1.165, 1.54) is 12.1 Å². The van der Waals surface area contributed by atoms with Gasteiger partial charge in [-0.1, -0.05) is 57.0 Å². The Bertz CT molecular complexity index is 2080. The van der Waals surface area contributed by atoms with Gasteiger partial charge in [0.1, 0.15) is 30.8 Å². The van der Waals surface area contributed by atoms with E-state index in [-0.39, 0.29) is 74.9 Å². The number of non-ortho nitro benzene ring substituents is 1. The number of nitro groups is 1. The molecule has 1 aromatic heterocycles. The van der Waals surface area contributed by atoms with Crippen molar-refractivity contribution in [3.8, 4) is 11.5 Å². The quantitative estimate of drug-likeness (QED) is 0.0481. The number of aryl methyl sites for hydroxylation is 1. The van der Waals surface area contributed by atoms with Crippen molar-refractivity contribution in [2.75, 3.05) is 33.5 Å². The Balaban J connectivity index is 1.51. The molecule has 0 unspecified atom stereocenters. The second-order valence-electron chi connectivity index (χ2n) is 17.8. The van der Waals surface area contributed by atoms with Gasteiger partial charge in [0.15, 0.2) is 0 Å². The molecule has 334 valence electrons. The largest absolute Gasteiger partial charge is 0.487 e. The Hall–Kier alpha value is -5.31. The maximum atomic E-state index is 14.1. The van der Waals surface area contributed by atoms with Gasteiger partial charge in [-0.2, -0.15) is 0 Å². The van der Waals surface area contributed by atoms with Crippen molar-refractivity contribution in [2.45, 2.75) is 104 Å². The van der Waals surface area contributed by atoms with E-state index in [4.69, 9.17) is 28.9 Å². The lowest BCUT2D eigenvalue weighted by molar-refractivity contribution is -0.384. The normalized spacial score (nSPS) is 23.3. The zero-order valence-electron chi connectivity index (χ0n) is 36.7. The van der Waals surface area contributed by atoms with E-state index in [1.807, 2.05) is 64.1 Å². The van der Waals surface area contributed by atoms with Crippen LogP contribution >= 0.6 is 0 Å². The summed E-state index contributed by atoms with van der Waals surface area (Å²) in [6.07, 6.45) is 8.02. The molecule has 1 saturated carbocycles. The maximum absolute atomic E-state index is 14.1. The van der Waals surface area contributed by atoms with Crippen LogP contribution in [0.3, 0.4) is 0 Å². The Labute approximate surface area is 364 Å². The number of nitro benzene ring substituents is 1. The minimum absolute atomic E-state index is 0.0235. The van der Waals surface area contributed by atoms with Crippen LogP contribution in [0.2, 0.25) is 0 Å². The van der Waals surface area contributed by atoms with Crippen molar-refractivity contribution in [1.82, 2.24) is 9.88 Å². The van der Waals surface area contributed by atoms with Gasteiger partial charge in [0, 0.05) is 56.0 Å². The number of fused-ring (bicyclic) bond motifs is 2. The topological polar surface area (TPSA) is 175 Å². The van der Waals surface area contributed by atoms with Crippen molar-refractivity contribution < 1.29 is 43.7 Å². The number of ether oxygens (including phenoxy) is 4. The van der Waals surface area contributed by atoms with E-state index in [9.17, 15) is 25.1 Å². The highest BCUT2D eigenvalue weighted by Gasteiger charge is 2.65. The third-order valence-electron chi connectivity index (χ3n) is 11.9. The van der Waals surface area contributed by atoms with Crippen LogP contribution in [0.1, 0.15) is 94.1 Å². The number of nitrogens with zero attached hydrogens (tertiary/aromatic N) is 4. The predicted molar refractivity (Wildman–Crippen MR) is 235 cm³/mol. The monoisotopic (exact) mass is 854 g/mol. The summed E-state index contributed by atoms with van der Waals surface area (Å²) in [7, 11) is 1.70. The van der Waals surface area contributed by atoms with Crippen LogP contribution in [0.4, 0.5) is 10.5 Å². The van der Waals surface area contributed by atoms with E-state index in [0.29, 0.717) is 35.6 Å². The lowest BCUT2D eigenvalue weighted by atomic mass is 9.55. The Morgan fingerprint density at radius 1 is 1.06 bits per heavy atom. The first-order valence-corrected chi connectivity index (χ1v) is 21.7. The predicted octanol–water partition coefficient (Wildman–Crippen LogP) is 8.83. The van der Waals surface area contributed by atoms with E-state index < -0.39 is 28.8 Å². The minimum atomic E-state index is -1.44. The lowest BCUT2D eigenvalue weighted by Gasteiger charge is -2.59. The number of carbonyl (C=O) groups is 1. The summed E-state index contributed by atoms with van der Waals surface area (Å²) >= 11 is 0. The average Bonchev–Trinajstić information content (AvgIpc) is 3.25. The minimum Gasteiger partial charge on any atom is -0.487 e. The molecule has 0 radical (unpaired) electrons. The molecule has 1 amide bonds. The highest BCUT2D eigenvalue weighted by atomic mass is 16.7. The van der Waals surface area contributed by atoms with E-state index in [1.54, 1.807) is 30.2 Å². The molecule has 3 aliphatic rings. The molecule has 6 rings (SSSR count). The lowest BCUT2D eigenvalue weighted by Crippen LogP contribution is -2.69. The summed E-state index contributed by atoms with van der Waals surface area (Å²) in [4.78, 5) is 37.3. The number of pyridine rings is 1. The Kier molecular flexibility index (Phi) is 15.4. The van der Waals surface area contributed by atoms with Gasteiger partial charge in [-0.15, -0.1) is 6.58 Å². The number of aliphatic hydroxyl groups excluding tert-OH is 2. The van der Waals surface area contributed by atoms with Crippen molar-refractivity contribution in [3.63, 3.8) is 0 Å². The molecule has 2 aromatic carbocycles. The van der Waals surface area contributed by atoms with Crippen LogP contribution < -0.4 is 9.47 Å². The maximum Gasteiger partial charge on any atom is 0.410 e. The number of carbonyl (C=O) groups excluding carboxylic acids is 1. The third kappa shape index (κ3) is 10.8. The first kappa shape index (κ1) is 46.2. The molecule has 14 nitrogen and oxygen atoms in total. The summed E-state index contributed by atoms with van der Waals surface area (Å²) in [5.41, 5.74) is 4.51. The molecule has 2 aliphatic carbocycles.